The van der Waals surface area contributed by atoms with Crippen LogP contribution in [0.2, 0.25) is 0 Å². The van der Waals surface area contributed by atoms with E-state index < -0.39 is 0 Å². The van der Waals surface area contributed by atoms with Crippen LogP contribution in [0.15, 0.2) is 59.0 Å². The second-order valence-electron chi connectivity index (χ2n) is 6.26. The predicted octanol–water partition coefficient (Wildman–Crippen LogP) is 4.04. The molecule has 4 heteroatoms. The number of hydrogen-bond acceptors (Lipinski definition) is 3. The third kappa shape index (κ3) is 4.94. The molecule has 2 N–H and O–H groups in total. The van der Waals surface area contributed by atoms with Gasteiger partial charge in [0.25, 0.3) is 5.91 Å². The average molecular weight is 336 g/mol. The number of unbranched alkanes of at least 4 members (excludes halogenated alkanes) is 1. The van der Waals surface area contributed by atoms with Crippen molar-refractivity contribution in [3.05, 3.63) is 71.5 Å². The average Bonchev–Trinajstić information content (AvgIpc) is 3.03. The zero-order valence-electron chi connectivity index (χ0n) is 14.5. The summed E-state index contributed by atoms with van der Waals surface area (Å²) in [7, 11) is 0. The lowest BCUT2D eigenvalue weighted by Gasteiger charge is -2.06. The van der Waals surface area contributed by atoms with E-state index in [1.807, 2.05) is 49.4 Å². The first kappa shape index (κ1) is 17.2. The summed E-state index contributed by atoms with van der Waals surface area (Å²) in [5.41, 5.74) is 2.75. The quantitative estimate of drug-likeness (QED) is 0.610. The van der Waals surface area contributed by atoms with Gasteiger partial charge in [0.2, 0.25) is 0 Å². The summed E-state index contributed by atoms with van der Waals surface area (Å²) >= 11 is 0. The second kappa shape index (κ2) is 8.49. The fourth-order valence-corrected chi connectivity index (χ4v) is 2.80. The molecule has 3 aromatic rings. The van der Waals surface area contributed by atoms with Crippen molar-refractivity contribution in [2.24, 2.45) is 0 Å². The molecule has 0 aliphatic carbocycles. The number of hydrogen-bond donors (Lipinski definition) is 2. The van der Waals surface area contributed by atoms with E-state index in [-0.39, 0.29) is 5.91 Å². The number of benzene rings is 2. The lowest BCUT2D eigenvalue weighted by atomic mass is 10.1. The van der Waals surface area contributed by atoms with Crippen LogP contribution in [0, 0.1) is 6.92 Å². The van der Waals surface area contributed by atoms with Crippen molar-refractivity contribution in [2.45, 2.75) is 26.3 Å². The Labute approximate surface area is 148 Å². The van der Waals surface area contributed by atoms with Gasteiger partial charge in [0.05, 0.1) is 6.54 Å². The van der Waals surface area contributed by atoms with Gasteiger partial charge in [-0.2, -0.15) is 0 Å². The fraction of sp³-hybridized carbons (Fsp3) is 0.286. The first-order chi connectivity index (χ1) is 12.2. The number of nitrogens with one attached hydrogen (secondary N) is 2. The van der Waals surface area contributed by atoms with Crippen molar-refractivity contribution in [1.82, 2.24) is 10.6 Å². The highest BCUT2D eigenvalue weighted by atomic mass is 16.3. The van der Waals surface area contributed by atoms with Crippen molar-refractivity contribution < 1.29 is 9.21 Å². The Hall–Kier alpha value is -2.59. The van der Waals surface area contributed by atoms with E-state index >= 15 is 0 Å². The fourth-order valence-electron chi connectivity index (χ4n) is 2.80. The molecule has 0 spiro atoms. The van der Waals surface area contributed by atoms with E-state index in [2.05, 4.69) is 22.8 Å². The number of fused-ring (bicyclic) bond motifs is 1. The van der Waals surface area contributed by atoms with E-state index in [9.17, 15) is 4.79 Å². The third-order valence-corrected chi connectivity index (χ3v) is 4.12. The highest BCUT2D eigenvalue weighted by Gasteiger charge is 2.04. The largest absolute Gasteiger partial charge is 0.460 e. The van der Waals surface area contributed by atoms with Crippen LogP contribution in [-0.2, 0) is 6.54 Å². The summed E-state index contributed by atoms with van der Waals surface area (Å²) in [6, 6.07) is 17.8. The SMILES string of the molecule is Cc1cccc(C(=O)NCCCCNCc2cc3ccccc3o2)c1. The standard InChI is InChI=1S/C21H24N2O2/c1-16-7-6-9-18(13-16)21(24)23-12-5-4-11-22-15-19-14-17-8-2-3-10-20(17)25-19/h2-3,6-10,13-14,22H,4-5,11-12,15H2,1H3,(H,23,24). The zero-order valence-corrected chi connectivity index (χ0v) is 14.5. The van der Waals surface area contributed by atoms with Gasteiger partial charge >= 0.3 is 0 Å². The minimum atomic E-state index is -0.000986. The normalized spacial score (nSPS) is 10.9. The van der Waals surface area contributed by atoms with Gasteiger partial charge in [-0.05, 0) is 50.6 Å². The molecule has 0 saturated heterocycles. The summed E-state index contributed by atoms with van der Waals surface area (Å²) in [6.45, 7) is 4.31. The monoisotopic (exact) mass is 336 g/mol. The van der Waals surface area contributed by atoms with Crippen molar-refractivity contribution in [2.75, 3.05) is 13.1 Å². The Bertz CT molecular complexity index is 806. The molecule has 1 heterocycles. The van der Waals surface area contributed by atoms with Crippen LogP contribution in [0.5, 0.6) is 0 Å². The van der Waals surface area contributed by atoms with Crippen molar-refractivity contribution in [3.63, 3.8) is 0 Å². The zero-order chi connectivity index (χ0) is 17.5. The highest BCUT2D eigenvalue weighted by molar-refractivity contribution is 5.94. The summed E-state index contributed by atoms with van der Waals surface area (Å²) in [5.74, 6) is 0.952. The number of carbonyl (C=O) groups excluding carboxylic acids is 1. The summed E-state index contributed by atoms with van der Waals surface area (Å²) in [5, 5.41) is 7.49. The van der Waals surface area contributed by atoms with Gasteiger partial charge in [-0.1, -0.05) is 35.9 Å². The first-order valence-electron chi connectivity index (χ1n) is 8.75. The van der Waals surface area contributed by atoms with E-state index in [0.717, 1.165) is 53.8 Å². The van der Waals surface area contributed by atoms with Crippen LogP contribution < -0.4 is 10.6 Å². The maximum atomic E-state index is 12.0. The molecule has 1 amide bonds. The van der Waals surface area contributed by atoms with E-state index in [0.29, 0.717) is 6.54 Å². The lowest BCUT2D eigenvalue weighted by Crippen LogP contribution is -2.25. The van der Waals surface area contributed by atoms with Crippen molar-refractivity contribution >= 4 is 16.9 Å². The molecule has 0 aliphatic heterocycles. The molecule has 0 radical (unpaired) electrons. The lowest BCUT2D eigenvalue weighted by molar-refractivity contribution is 0.0953. The molecule has 1 aromatic heterocycles. The van der Waals surface area contributed by atoms with Gasteiger partial charge in [0.1, 0.15) is 11.3 Å². The third-order valence-electron chi connectivity index (χ3n) is 4.12. The number of para-hydroxylation sites is 1. The van der Waals surface area contributed by atoms with Gasteiger partial charge in [0, 0.05) is 17.5 Å². The molecule has 130 valence electrons. The topological polar surface area (TPSA) is 54.3 Å². The van der Waals surface area contributed by atoms with E-state index in [4.69, 9.17) is 4.42 Å². The summed E-state index contributed by atoms with van der Waals surface area (Å²) in [6.07, 6.45) is 1.96. The van der Waals surface area contributed by atoms with Crippen LogP contribution >= 0.6 is 0 Å². The maximum Gasteiger partial charge on any atom is 0.251 e. The molecule has 0 unspecified atom stereocenters. The summed E-state index contributed by atoms with van der Waals surface area (Å²) in [4.78, 5) is 12.0. The molecular formula is C21H24N2O2. The molecular weight excluding hydrogens is 312 g/mol. The molecule has 0 atom stereocenters. The van der Waals surface area contributed by atoms with Crippen LogP contribution in [0.4, 0.5) is 0 Å². The molecule has 0 aliphatic rings. The van der Waals surface area contributed by atoms with Gasteiger partial charge in [-0.15, -0.1) is 0 Å². The second-order valence-corrected chi connectivity index (χ2v) is 6.26. The molecule has 0 saturated carbocycles. The summed E-state index contributed by atoms with van der Waals surface area (Å²) < 4.78 is 5.77. The van der Waals surface area contributed by atoms with Gasteiger partial charge < -0.3 is 15.1 Å². The van der Waals surface area contributed by atoms with E-state index in [1.54, 1.807) is 0 Å². The first-order valence-corrected chi connectivity index (χ1v) is 8.75. The minimum Gasteiger partial charge on any atom is -0.460 e. The number of amides is 1. The molecule has 25 heavy (non-hydrogen) atoms. The van der Waals surface area contributed by atoms with Gasteiger partial charge in [-0.25, -0.2) is 0 Å². The molecule has 0 fully saturated rings. The molecule has 3 rings (SSSR count). The number of carbonyl (C=O) groups is 1. The van der Waals surface area contributed by atoms with Gasteiger partial charge in [-0.3, -0.25) is 4.79 Å². The van der Waals surface area contributed by atoms with Crippen LogP contribution in [-0.4, -0.2) is 19.0 Å². The molecule has 4 nitrogen and oxygen atoms in total. The van der Waals surface area contributed by atoms with Gasteiger partial charge in [0.15, 0.2) is 0 Å². The van der Waals surface area contributed by atoms with Crippen LogP contribution in [0.3, 0.4) is 0 Å². The molecule has 0 bridgehead atoms. The Morgan fingerprint density at radius 1 is 1.00 bits per heavy atom. The highest BCUT2D eigenvalue weighted by Crippen LogP contribution is 2.18. The van der Waals surface area contributed by atoms with Crippen molar-refractivity contribution in [1.29, 1.82) is 0 Å². The number of rotatable bonds is 8. The predicted molar refractivity (Wildman–Crippen MR) is 101 cm³/mol. The Morgan fingerprint density at radius 2 is 1.84 bits per heavy atom. The Balaban J connectivity index is 1.30. The van der Waals surface area contributed by atoms with Crippen molar-refractivity contribution in [3.8, 4) is 0 Å². The minimum absolute atomic E-state index is 0.000986. The maximum absolute atomic E-state index is 12.0. The number of furan rings is 1. The number of aryl methyl sites for hydroxylation is 1. The Kier molecular flexibility index (Phi) is 5.86. The smallest absolute Gasteiger partial charge is 0.251 e. The Morgan fingerprint density at radius 3 is 2.68 bits per heavy atom. The molecule has 2 aromatic carbocycles. The van der Waals surface area contributed by atoms with E-state index in [1.165, 1.54) is 0 Å². The van der Waals surface area contributed by atoms with Crippen LogP contribution in [0.1, 0.15) is 34.5 Å². The van der Waals surface area contributed by atoms with Crippen LogP contribution in [0.25, 0.3) is 11.0 Å².